The second-order valence-corrected chi connectivity index (χ2v) is 4.21. The van der Waals surface area contributed by atoms with E-state index in [1.54, 1.807) is 31.2 Å². The summed E-state index contributed by atoms with van der Waals surface area (Å²) < 4.78 is 10.5. The first-order valence-corrected chi connectivity index (χ1v) is 6.25. The summed E-state index contributed by atoms with van der Waals surface area (Å²) in [6.07, 6.45) is 0.340. The summed E-state index contributed by atoms with van der Waals surface area (Å²) in [6.45, 7) is 1.48. The Bertz CT molecular complexity index is 474. The number of hydrogen-bond acceptors (Lipinski definition) is 4. The molecular formula is C14H19NO5. The van der Waals surface area contributed by atoms with E-state index in [4.69, 9.17) is 14.6 Å². The minimum absolute atomic E-state index is 0.235. The SMILES string of the molecule is CCC(C(=O)O)N(C)C(=O)COc1ccccc1OC. The number of rotatable bonds is 7. The Labute approximate surface area is 117 Å². The van der Waals surface area contributed by atoms with Crippen molar-refractivity contribution in [1.82, 2.24) is 4.90 Å². The number of hydrogen-bond donors (Lipinski definition) is 1. The first-order chi connectivity index (χ1) is 9.51. The van der Waals surface area contributed by atoms with Gasteiger partial charge in [-0.3, -0.25) is 4.79 Å². The van der Waals surface area contributed by atoms with Crippen LogP contribution in [0.15, 0.2) is 24.3 Å². The van der Waals surface area contributed by atoms with Gasteiger partial charge in [0.25, 0.3) is 5.91 Å². The van der Waals surface area contributed by atoms with Crippen LogP contribution < -0.4 is 9.47 Å². The first-order valence-electron chi connectivity index (χ1n) is 6.25. The van der Waals surface area contributed by atoms with Crippen molar-refractivity contribution >= 4 is 11.9 Å². The molecule has 6 nitrogen and oxygen atoms in total. The number of carboxylic acid groups (broad SMARTS) is 1. The van der Waals surface area contributed by atoms with Gasteiger partial charge in [0, 0.05) is 7.05 Å². The molecule has 1 atom stereocenters. The van der Waals surface area contributed by atoms with Crippen molar-refractivity contribution in [1.29, 1.82) is 0 Å². The van der Waals surface area contributed by atoms with E-state index in [-0.39, 0.29) is 6.61 Å². The molecular weight excluding hydrogens is 262 g/mol. The molecule has 20 heavy (non-hydrogen) atoms. The molecule has 1 rings (SSSR count). The fourth-order valence-corrected chi connectivity index (χ4v) is 1.77. The molecule has 0 aliphatic heterocycles. The minimum Gasteiger partial charge on any atom is -0.493 e. The van der Waals surface area contributed by atoms with Gasteiger partial charge >= 0.3 is 5.97 Å². The molecule has 0 bridgehead atoms. The zero-order valence-corrected chi connectivity index (χ0v) is 11.8. The number of likely N-dealkylation sites (N-methyl/N-ethyl adjacent to an activating group) is 1. The van der Waals surface area contributed by atoms with Crippen LogP contribution >= 0.6 is 0 Å². The number of carboxylic acids is 1. The minimum atomic E-state index is -1.03. The fraction of sp³-hybridized carbons (Fsp3) is 0.429. The van der Waals surface area contributed by atoms with Crippen LogP contribution in [0.4, 0.5) is 0 Å². The highest BCUT2D eigenvalue weighted by atomic mass is 16.5. The lowest BCUT2D eigenvalue weighted by atomic mass is 10.2. The molecule has 1 N–H and O–H groups in total. The molecule has 0 fully saturated rings. The zero-order chi connectivity index (χ0) is 15.1. The Kier molecular flexibility index (Phi) is 5.83. The number of aliphatic carboxylic acids is 1. The van der Waals surface area contributed by atoms with E-state index >= 15 is 0 Å². The third-order valence-electron chi connectivity index (χ3n) is 2.95. The van der Waals surface area contributed by atoms with Crippen molar-refractivity contribution in [3.05, 3.63) is 24.3 Å². The summed E-state index contributed by atoms with van der Waals surface area (Å²) >= 11 is 0. The second-order valence-electron chi connectivity index (χ2n) is 4.21. The molecule has 0 heterocycles. The van der Waals surface area contributed by atoms with E-state index in [0.29, 0.717) is 17.9 Å². The highest BCUT2D eigenvalue weighted by molar-refractivity contribution is 5.84. The molecule has 0 spiro atoms. The van der Waals surface area contributed by atoms with E-state index < -0.39 is 17.9 Å². The number of ether oxygens (including phenoxy) is 2. The van der Waals surface area contributed by atoms with Crippen LogP contribution in [0.5, 0.6) is 11.5 Å². The van der Waals surface area contributed by atoms with Crippen molar-refractivity contribution in [3.63, 3.8) is 0 Å². The van der Waals surface area contributed by atoms with Crippen molar-refractivity contribution in [2.24, 2.45) is 0 Å². The number of carbonyl (C=O) groups is 2. The standard InChI is InChI=1S/C14H19NO5/c1-4-10(14(17)18)15(2)13(16)9-20-12-8-6-5-7-11(12)19-3/h5-8,10H,4,9H2,1-3H3,(H,17,18). The Morgan fingerprint density at radius 3 is 2.40 bits per heavy atom. The maximum absolute atomic E-state index is 11.9. The van der Waals surface area contributed by atoms with E-state index in [1.165, 1.54) is 19.1 Å². The van der Waals surface area contributed by atoms with Gasteiger partial charge in [0.1, 0.15) is 6.04 Å². The molecule has 0 aliphatic rings. The monoisotopic (exact) mass is 281 g/mol. The van der Waals surface area contributed by atoms with Crippen LogP contribution in [0.1, 0.15) is 13.3 Å². The van der Waals surface area contributed by atoms with Gasteiger partial charge in [-0.05, 0) is 18.6 Å². The Hall–Kier alpha value is -2.24. The average Bonchev–Trinajstić information content (AvgIpc) is 2.45. The predicted octanol–water partition coefficient (Wildman–Crippen LogP) is 1.40. The first kappa shape index (κ1) is 15.8. The van der Waals surface area contributed by atoms with Gasteiger partial charge in [-0.25, -0.2) is 4.79 Å². The van der Waals surface area contributed by atoms with Gasteiger partial charge in [-0.15, -0.1) is 0 Å². The topological polar surface area (TPSA) is 76.1 Å². The fourth-order valence-electron chi connectivity index (χ4n) is 1.77. The molecule has 0 aliphatic carbocycles. The molecule has 1 aromatic carbocycles. The Morgan fingerprint density at radius 1 is 1.30 bits per heavy atom. The maximum atomic E-state index is 11.9. The normalized spacial score (nSPS) is 11.6. The van der Waals surface area contributed by atoms with Gasteiger partial charge in [0.2, 0.25) is 0 Å². The summed E-state index contributed by atoms with van der Waals surface area (Å²) in [7, 11) is 2.96. The highest BCUT2D eigenvalue weighted by Gasteiger charge is 2.24. The number of methoxy groups -OCH3 is 1. The number of carbonyl (C=O) groups excluding carboxylic acids is 1. The van der Waals surface area contributed by atoms with Crippen LogP contribution in [-0.4, -0.2) is 48.7 Å². The number of amides is 1. The Balaban J connectivity index is 2.65. The van der Waals surface area contributed by atoms with E-state index in [9.17, 15) is 9.59 Å². The lowest BCUT2D eigenvalue weighted by Crippen LogP contribution is -2.44. The van der Waals surface area contributed by atoms with Gasteiger partial charge in [-0.2, -0.15) is 0 Å². The van der Waals surface area contributed by atoms with Crippen molar-refractivity contribution < 1.29 is 24.2 Å². The molecule has 110 valence electrons. The summed E-state index contributed by atoms with van der Waals surface area (Å²) in [5, 5.41) is 9.01. The van der Waals surface area contributed by atoms with E-state index in [1.807, 2.05) is 0 Å². The average molecular weight is 281 g/mol. The lowest BCUT2D eigenvalue weighted by Gasteiger charge is -2.23. The molecule has 1 amide bonds. The molecule has 1 aromatic rings. The number of para-hydroxylation sites is 2. The van der Waals surface area contributed by atoms with Crippen LogP contribution in [-0.2, 0) is 9.59 Å². The molecule has 0 saturated carbocycles. The predicted molar refractivity (Wildman–Crippen MR) is 73.0 cm³/mol. The van der Waals surface area contributed by atoms with Crippen molar-refractivity contribution in [3.8, 4) is 11.5 Å². The summed E-state index contributed by atoms with van der Waals surface area (Å²) in [6, 6.07) is 6.11. The summed E-state index contributed by atoms with van der Waals surface area (Å²) in [4.78, 5) is 24.1. The van der Waals surface area contributed by atoms with E-state index in [2.05, 4.69) is 0 Å². The van der Waals surface area contributed by atoms with Gasteiger partial charge in [-0.1, -0.05) is 19.1 Å². The third-order valence-corrected chi connectivity index (χ3v) is 2.95. The number of nitrogens with zero attached hydrogens (tertiary/aromatic N) is 1. The zero-order valence-electron chi connectivity index (χ0n) is 11.8. The molecule has 0 saturated heterocycles. The molecule has 0 aromatic heterocycles. The van der Waals surface area contributed by atoms with Gasteiger partial charge in [0.05, 0.1) is 7.11 Å². The van der Waals surface area contributed by atoms with Crippen LogP contribution in [0.3, 0.4) is 0 Å². The summed E-state index contributed by atoms with van der Waals surface area (Å²) in [5.74, 6) is -0.459. The summed E-state index contributed by atoms with van der Waals surface area (Å²) in [5.41, 5.74) is 0. The Morgan fingerprint density at radius 2 is 1.90 bits per heavy atom. The highest BCUT2D eigenvalue weighted by Crippen LogP contribution is 2.25. The number of benzene rings is 1. The smallest absolute Gasteiger partial charge is 0.326 e. The van der Waals surface area contributed by atoms with Gasteiger partial charge in [0.15, 0.2) is 18.1 Å². The second kappa shape index (κ2) is 7.37. The van der Waals surface area contributed by atoms with Gasteiger partial charge < -0.3 is 19.5 Å². The maximum Gasteiger partial charge on any atom is 0.326 e. The largest absolute Gasteiger partial charge is 0.493 e. The van der Waals surface area contributed by atoms with E-state index in [0.717, 1.165) is 0 Å². The molecule has 1 unspecified atom stereocenters. The van der Waals surface area contributed by atoms with Crippen LogP contribution in [0.25, 0.3) is 0 Å². The molecule has 0 radical (unpaired) electrons. The van der Waals surface area contributed by atoms with Crippen LogP contribution in [0.2, 0.25) is 0 Å². The quantitative estimate of drug-likeness (QED) is 0.817. The molecule has 6 heteroatoms. The van der Waals surface area contributed by atoms with Crippen molar-refractivity contribution in [2.75, 3.05) is 20.8 Å². The lowest BCUT2D eigenvalue weighted by molar-refractivity contribution is -0.149. The van der Waals surface area contributed by atoms with Crippen LogP contribution in [0, 0.1) is 0 Å². The van der Waals surface area contributed by atoms with Crippen molar-refractivity contribution in [2.45, 2.75) is 19.4 Å². The third kappa shape index (κ3) is 3.88.